The molecule has 0 amide bonds. The Bertz CT molecular complexity index is 785. The summed E-state index contributed by atoms with van der Waals surface area (Å²) < 4.78 is 15.6. The van der Waals surface area contributed by atoms with Gasteiger partial charge >= 0.3 is 0 Å². The molecule has 0 aliphatic rings. The average molecular weight is 329 g/mol. The van der Waals surface area contributed by atoms with E-state index in [4.69, 9.17) is 23.2 Å². The van der Waals surface area contributed by atoms with Gasteiger partial charge in [0.25, 0.3) is 5.78 Å². The van der Waals surface area contributed by atoms with Crippen LogP contribution in [0.3, 0.4) is 0 Å². The standard InChI is InChI=1S/C12H7Cl2FN4S/c1-20-11-9(8-6(13)3-2-4-7(8)15)10(14)18-12-16-5-17-19(11)12/h2-5H,1H3. The van der Waals surface area contributed by atoms with E-state index in [9.17, 15) is 4.39 Å². The van der Waals surface area contributed by atoms with E-state index in [1.54, 1.807) is 6.07 Å². The van der Waals surface area contributed by atoms with Crippen LogP contribution in [0.1, 0.15) is 0 Å². The molecule has 0 saturated heterocycles. The van der Waals surface area contributed by atoms with Gasteiger partial charge in [0.05, 0.1) is 10.6 Å². The van der Waals surface area contributed by atoms with Crippen LogP contribution in [0.25, 0.3) is 16.9 Å². The van der Waals surface area contributed by atoms with Crippen LogP contribution in [-0.2, 0) is 0 Å². The predicted molar refractivity (Wildman–Crippen MR) is 78.0 cm³/mol. The molecule has 1 aromatic carbocycles. The lowest BCUT2D eigenvalue weighted by Crippen LogP contribution is -2.01. The highest BCUT2D eigenvalue weighted by Gasteiger charge is 2.21. The van der Waals surface area contributed by atoms with Gasteiger partial charge in [-0.1, -0.05) is 29.3 Å². The Kier molecular flexibility index (Phi) is 3.54. The smallest absolute Gasteiger partial charge is 0.206 e. The highest BCUT2D eigenvalue weighted by molar-refractivity contribution is 7.98. The Morgan fingerprint density at radius 3 is 2.75 bits per heavy atom. The van der Waals surface area contributed by atoms with E-state index >= 15 is 0 Å². The first-order valence-electron chi connectivity index (χ1n) is 5.51. The van der Waals surface area contributed by atoms with Crippen LogP contribution < -0.4 is 0 Å². The van der Waals surface area contributed by atoms with Crippen LogP contribution in [0, 0.1) is 5.82 Å². The van der Waals surface area contributed by atoms with Crippen LogP contribution in [-0.4, -0.2) is 25.8 Å². The highest BCUT2D eigenvalue weighted by Crippen LogP contribution is 2.40. The summed E-state index contributed by atoms with van der Waals surface area (Å²) in [6.45, 7) is 0. The summed E-state index contributed by atoms with van der Waals surface area (Å²) in [5, 5.41) is 5.11. The molecular weight excluding hydrogens is 322 g/mol. The van der Waals surface area contributed by atoms with E-state index < -0.39 is 5.82 Å². The van der Waals surface area contributed by atoms with Crippen LogP contribution in [0.15, 0.2) is 29.6 Å². The lowest BCUT2D eigenvalue weighted by Gasteiger charge is -2.12. The second-order valence-electron chi connectivity index (χ2n) is 3.86. The number of fused-ring (bicyclic) bond motifs is 1. The molecule has 0 atom stereocenters. The zero-order chi connectivity index (χ0) is 14.3. The second kappa shape index (κ2) is 5.20. The summed E-state index contributed by atoms with van der Waals surface area (Å²) in [5.41, 5.74) is 0.633. The van der Waals surface area contributed by atoms with Crippen molar-refractivity contribution in [1.82, 2.24) is 19.6 Å². The zero-order valence-corrected chi connectivity index (χ0v) is 12.5. The lowest BCUT2D eigenvalue weighted by molar-refractivity contribution is 0.630. The molecule has 0 N–H and O–H groups in total. The van der Waals surface area contributed by atoms with Gasteiger partial charge in [-0.2, -0.15) is 19.6 Å². The summed E-state index contributed by atoms with van der Waals surface area (Å²) in [4.78, 5) is 8.10. The summed E-state index contributed by atoms with van der Waals surface area (Å²) in [5.74, 6) is -0.105. The Morgan fingerprint density at radius 2 is 2.05 bits per heavy atom. The third-order valence-electron chi connectivity index (χ3n) is 2.75. The molecule has 2 heterocycles. The number of benzene rings is 1. The van der Waals surface area contributed by atoms with Gasteiger partial charge in [0, 0.05) is 5.56 Å². The number of halogens is 3. The van der Waals surface area contributed by atoms with Crippen molar-refractivity contribution in [2.24, 2.45) is 0 Å². The van der Waals surface area contributed by atoms with Crippen molar-refractivity contribution in [2.45, 2.75) is 5.03 Å². The number of hydrogen-bond acceptors (Lipinski definition) is 4. The summed E-state index contributed by atoms with van der Waals surface area (Å²) >= 11 is 13.7. The molecule has 0 radical (unpaired) electrons. The molecule has 0 fully saturated rings. The van der Waals surface area contributed by atoms with Gasteiger partial charge in [-0.3, -0.25) is 0 Å². The molecule has 0 bridgehead atoms. The quantitative estimate of drug-likeness (QED) is 0.527. The number of thioether (sulfide) groups is 1. The van der Waals surface area contributed by atoms with Gasteiger partial charge in [-0.15, -0.1) is 11.8 Å². The molecule has 3 aromatic rings. The van der Waals surface area contributed by atoms with E-state index in [0.717, 1.165) is 0 Å². The fraction of sp³-hybridized carbons (Fsp3) is 0.0833. The molecule has 0 aliphatic heterocycles. The molecule has 8 heteroatoms. The van der Waals surface area contributed by atoms with Gasteiger partial charge in [0.15, 0.2) is 0 Å². The molecule has 3 rings (SSSR count). The molecule has 4 nitrogen and oxygen atoms in total. The van der Waals surface area contributed by atoms with Crippen LogP contribution >= 0.6 is 35.0 Å². The molecule has 0 unspecified atom stereocenters. The maximum atomic E-state index is 14.1. The predicted octanol–water partition coefficient (Wildman–Crippen LogP) is 3.96. The number of nitrogens with zero attached hydrogens (tertiary/aromatic N) is 4. The molecule has 0 spiro atoms. The topological polar surface area (TPSA) is 43.1 Å². The van der Waals surface area contributed by atoms with Crippen molar-refractivity contribution in [3.8, 4) is 11.1 Å². The first-order valence-corrected chi connectivity index (χ1v) is 7.49. The van der Waals surface area contributed by atoms with Gasteiger partial charge in [-0.05, 0) is 18.4 Å². The molecule has 20 heavy (non-hydrogen) atoms. The first kappa shape index (κ1) is 13.6. The van der Waals surface area contributed by atoms with Crippen molar-refractivity contribution < 1.29 is 4.39 Å². The van der Waals surface area contributed by atoms with E-state index in [1.165, 1.54) is 34.7 Å². The maximum absolute atomic E-state index is 14.1. The Morgan fingerprint density at radius 1 is 1.25 bits per heavy atom. The van der Waals surface area contributed by atoms with E-state index in [0.29, 0.717) is 16.4 Å². The van der Waals surface area contributed by atoms with Crippen LogP contribution in [0.5, 0.6) is 0 Å². The van der Waals surface area contributed by atoms with Crippen molar-refractivity contribution in [3.63, 3.8) is 0 Å². The fourth-order valence-corrected chi connectivity index (χ4v) is 3.21. The monoisotopic (exact) mass is 328 g/mol. The highest BCUT2D eigenvalue weighted by atomic mass is 35.5. The Hall–Kier alpha value is -1.37. The van der Waals surface area contributed by atoms with Crippen molar-refractivity contribution in [2.75, 3.05) is 6.26 Å². The molecule has 0 aliphatic carbocycles. The van der Waals surface area contributed by atoms with Crippen molar-refractivity contribution in [1.29, 1.82) is 0 Å². The first-order chi connectivity index (χ1) is 9.63. The van der Waals surface area contributed by atoms with Gasteiger partial charge < -0.3 is 0 Å². The van der Waals surface area contributed by atoms with Crippen molar-refractivity contribution >= 4 is 40.7 Å². The van der Waals surface area contributed by atoms with Gasteiger partial charge in [0.2, 0.25) is 0 Å². The number of rotatable bonds is 2. The fourth-order valence-electron chi connectivity index (χ4n) is 1.93. The maximum Gasteiger partial charge on any atom is 0.254 e. The third kappa shape index (κ3) is 2.04. The van der Waals surface area contributed by atoms with Crippen LogP contribution in [0.2, 0.25) is 10.2 Å². The third-order valence-corrected chi connectivity index (χ3v) is 4.10. The van der Waals surface area contributed by atoms with E-state index in [2.05, 4.69) is 15.1 Å². The zero-order valence-electron chi connectivity index (χ0n) is 10.1. The van der Waals surface area contributed by atoms with E-state index in [1.807, 2.05) is 6.26 Å². The SMILES string of the molecule is CSc1c(-c2c(F)cccc2Cl)c(Cl)nc2ncnn12. The normalized spacial score (nSPS) is 11.2. The molecular formula is C12H7Cl2FN4S. The molecule has 102 valence electrons. The van der Waals surface area contributed by atoms with E-state index in [-0.39, 0.29) is 15.7 Å². The summed E-state index contributed by atoms with van der Waals surface area (Å²) in [6, 6.07) is 4.47. The summed E-state index contributed by atoms with van der Waals surface area (Å²) in [7, 11) is 0. The van der Waals surface area contributed by atoms with Gasteiger partial charge in [0.1, 0.15) is 22.3 Å². The number of aromatic nitrogens is 4. The lowest BCUT2D eigenvalue weighted by atomic mass is 10.1. The minimum absolute atomic E-state index is 0.141. The minimum Gasteiger partial charge on any atom is -0.206 e. The number of hydrogen-bond donors (Lipinski definition) is 0. The molecule has 2 aromatic heterocycles. The van der Waals surface area contributed by atoms with Crippen LogP contribution in [0.4, 0.5) is 4.39 Å². The molecule has 0 saturated carbocycles. The Balaban J connectivity index is 2.44. The summed E-state index contributed by atoms with van der Waals surface area (Å²) in [6.07, 6.45) is 3.20. The second-order valence-corrected chi connectivity index (χ2v) is 5.42. The Labute approximate surface area is 127 Å². The van der Waals surface area contributed by atoms with Gasteiger partial charge in [-0.25, -0.2) is 4.39 Å². The van der Waals surface area contributed by atoms with Crippen molar-refractivity contribution in [3.05, 3.63) is 40.5 Å². The largest absolute Gasteiger partial charge is 0.254 e. The minimum atomic E-state index is -0.462. The average Bonchev–Trinajstić information content (AvgIpc) is 2.86.